The standard InChI is InChI=1S/C24H30N8O2/c1-3-6-23-22-16-26-18(2)28-19-7-9-21(10-8-19)34-14-5-4-12-25-24(33)11-13-31-17-20(15-27-31)32(23)30-29-22/h6-10,15-17H,3-5,11-14H2,1-2H3,(H,25,33)(H,26,28)/b22-16-,23-6+. The highest BCUT2D eigenvalue weighted by atomic mass is 16.5. The fraction of sp³-hybridized carbons (Fsp3) is 0.375. The van der Waals surface area contributed by atoms with E-state index in [1.54, 1.807) is 21.8 Å². The minimum absolute atomic E-state index is 0.00493. The number of nitrogens with zero attached hydrogens (tertiary/aromatic N) is 6. The molecule has 0 atom stereocenters. The number of aliphatic imine (C=N–C) groups is 1. The third kappa shape index (κ3) is 6.09. The highest BCUT2D eigenvalue weighted by Gasteiger charge is 2.08. The Hall–Kier alpha value is -3.95. The van der Waals surface area contributed by atoms with Crippen molar-refractivity contribution in [1.82, 2.24) is 30.1 Å². The molecule has 0 fully saturated rings. The quantitative estimate of drug-likeness (QED) is 0.568. The second kappa shape index (κ2) is 11.3. The summed E-state index contributed by atoms with van der Waals surface area (Å²) in [6.45, 7) is 5.67. The van der Waals surface area contributed by atoms with Crippen LogP contribution in [0.1, 0.15) is 39.5 Å². The van der Waals surface area contributed by atoms with Gasteiger partial charge in [0.25, 0.3) is 0 Å². The second-order valence-corrected chi connectivity index (χ2v) is 7.99. The molecule has 34 heavy (non-hydrogen) atoms. The van der Waals surface area contributed by atoms with Gasteiger partial charge < -0.3 is 15.4 Å². The zero-order valence-electron chi connectivity index (χ0n) is 19.6. The van der Waals surface area contributed by atoms with Crippen molar-refractivity contribution in [3.05, 3.63) is 47.4 Å². The van der Waals surface area contributed by atoms with E-state index in [0.717, 1.165) is 47.6 Å². The van der Waals surface area contributed by atoms with E-state index in [1.165, 1.54) is 0 Å². The lowest BCUT2D eigenvalue weighted by Gasteiger charge is -2.09. The first kappa shape index (κ1) is 23.2. The number of hydrogen-bond donors (Lipinski definition) is 2. The molecule has 0 saturated heterocycles. The molecular weight excluding hydrogens is 432 g/mol. The molecule has 178 valence electrons. The molecular formula is C24H30N8O2. The van der Waals surface area contributed by atoms with Crippen LogP contribution in [0, 0.1) is 0 Å². The van der Waals surface area contributed by atoms with Crippen molar-refractivity contribution in [1.29, 1.82) is 0 Å². The van der Waals surface area contributed by atoms with E-state index < -0.39 is 0 Å². The number of carbonyl (C=O) groups excluding carboxylic acids is 1. The Balaban J connectivity index is 1.64. The van der Waals surface area contributed by atoms with Crippen LogP contribution in [0.2, 0.25) is 0 Å². The van der Waals surface area contributed by atoms with Gasteiger partial charge in [0.05, 0.1) is 30.5 Å². The Morgan fingerprint density at radius 1 is 1.21 bits per heavy atom. The van der Waals surface area contributed by atoms with Gasteiger partial charge in [-0.15, -0.1) is 5.10 Å². The number of ether oxygens (including phenoxy) is 1. The molecule has 5 rings (SSSR count). The van der Waals surface area contributed by atoms with E-state index in [0.29, 0.717) is 31.5 Å². The molecule has 0 spiro atoms. The van der Waals surface area contributed by atoms with E-state index in [9.17, 15) is 4.79 Å². The summed E-state index contributed by atoms with van der Waals surface area (Å²) in [7, 11) is 0. The Morgan fingerprint density at radius 3 is 2.88 bits per heavy atom. The van der Waals surface area contributed by atoms with Crippen molar-refractivity contribution in [3.8, 4) is 11.4 Å². The molecule has 2 aromatic heterocycles. The lowest BCUT2D eigenvalue weighted by atomic mass is 10.3. The molecule has 2 aliphatic heterocycles. The van der Waals surface area contributed by atoms with E-state index in [2.05, 4.69) is 44.0 Å². The third-order valence-corrected chi connectivity index (χ3v) is 5.28. The van der Waals surface area contributed by atoms with Crippen LogP contribution in [0.25, 0.3) is 18.0 Å². The highest BCUT2D eigenvalue weighted by Crippen LogP contribution is 2.16. The van der Waals surface area contributed by atoms with Crippen molar-refractivity contribution >= 4 is 29.7 Å². The van der Waals surface area contributed by atoms with Gasteiger partial charge in [0.15, 0.2) is 0 Å². The normalized spacial score (nSPS) is 17.1. The average molecular weight is 463 g/mol. The van der Waals surface area contributed by atoms with Crippen molar-refractivity contribution < 1.29 is 9.53 Å². The fourth-order valence-corrected chi connectivity index (χ4v) is 3.54. The lowest BCUT2D eigenvalue weighted by molar-refractivity contribution is -0.121. The Morgan fingerprint density at radius 2 is 2.06 bits per heavy atom. The maximum Gasteiger partial charge on any atom is 0.221 e. The number of amides is 1. The summed E-state index contributed by atoms with van der Waals surface area (Å²) in [6, 6.07) is 7.76. The maximum atomic E-state index is 12.2. The van der Waals surface area contributed by atoms with Gasteiger partial charge in [-0.25, -0.2) is 9.67 Å². The van der Waals surface area contributed by atoms with Crippen LogP contribution >= 0.6 is 0 Å². The largest absolute Gasteiger partial charge is 0.494 e. The summed E-state index contributed by atoms with van der Waals surface area (Å²) in [5, 5.41) is 20.8. The third-order valence-electron chi connectivity index (χ3n) is 5.28. The molecule has 2 aliphatic rings. The minimum atomic E-state index is 0.00493. The van der Waals surface area contributed by atoms with Gasteiger partial charge >= 0.3 is 0 Å². The van der Waals surface area contributed by atoms with Crippen LogP contribution in [0.5, 0.6) is 5.75 Å². The number of anilines is 1. The summed E-state index contributed by atoms with van der Waals surface area (Å²) in [6.07, 6.45) is 10.2. The maximum absolute atomic E-state index is 12.2. The van der Waals surface area contributed by atoms with Crippen molar-refractivity contribution in [2.24, 2.45) is 4.99 Å². The summed E-state index contributed by atoms with van der Waals surface area (Å²) < 4.78 is 9.28. The zero-order chi connectivity index (χ0) is 23.8. The van der Waals surface area contributed by atoms with E-state index in [1.807, 2.05) is 37.4 Å². The number of amidine groups is 1. The van der Waals surface area contributed by atoms with E-state index in [-0.39, 0.29) is 5.91 Å². The number of rotatable bonds is 1. The molecule has 0 unspecified atom stereocenters. The summed E-state index contributed by atoms with van der Waals surface area (Å²) in [5.41, 5.74) is 1.70. The smallest absolute Gasteiger partial charge is 0.221 e. The van der Waals surface area contributed by atoms with Gasteiger partial charge in [0.2, 0.25) is 5.91 Å². The van der Waals surface area contributed by atoms with Gasteiger partial charge in [-0.2, -0.15) is 5.10 Å². The number of carbonyl (C=O) groups is 1. The lowest BCUT2D eigenvalue weighted by Crippen LogP contribution is -2.29. The molecule has 1 aromatic carbocycles. The topological polar surface area (TPSA) is 111 Å². The van der Waals surface area contributed by atoms with Crippen molar-refractivity contribution in [3.63, 3.8) is 0 Å². The first-order valence-corrected chi connectivity index (χ1v) is 11.6. The number of aryl methyl sites for hydroxylation is 1. The molecule has 0 aliphatic carbocycles. The van der Waals surface area contributed by atoms with Crippen LogP contribution in [0.4, 0.5) is 5.69 Å². The molecule has 0 saturated carbocycles. The Bertz CT molecular complexity index is 1260. The van der Waals surface area contributed by atoms with Gasteiger partial charge in [-0.3, -0.25) is 9.48 Å². The van der Waals surface area contributed by atoms with Crippen molar-refractivity contribution in [2.75, 3.05) is 18.5 Å². The minimum Gasteiger partial charge on any atom is -0.494 e. The number of hydrogen-bond acceptors (Lipinski definition) is 7. The van der Waals surface area contributed by atoms with Crippen LogP contribution < -0.4 is 26.1 Å². The van der Waals surface area contributed by atoms with Crippen LogP contribution in [-0.4, -0.2) is 49.7 Å². The molecule has 0 radical (unpaired) electrons. The predicted octanol–water partition coefficient (Wildman–Crippen LogP) is 1.60. The number of aromatic nitrogens is 5. The van der Waals surface area contributed by atoms with Gasteiger partial charge in [-0.1, -0.05) is 18.2 Å². The average Bonchev–Trinajstić information content (AvgIpc) is 3.46. The van der Waals surface area contributed by atoms with Gasteiger partial charge in [0, 0.05) is 25.2 Å². The van der Waals surface area contributed by atoms with E-state index in [4.69, 9.17) is 4.74 Å². The van der Waals surface area contributed by atoms with E-state index >= 15 is 0 Å². The molecule has 3 aromatic rings. The number of benzene rings is 1. The van der Waals surface area contributed by atoms with Crippen LogP contribution in [0.15, 0.2) is 41.7 Å². The Labute approximate surface area is 198 Å². The van der Waals surface area contributed by atoms with Crippen LogP contribution in [-0.2, 0) is 11.3 Å². The van der Waals surface area contributed by atoms with Gasteiger partial charge in [-0.05, 0) is 50.5 Å². The number of nitrogens with one attached hydrogen (secondary N) is 2. The fourth-order valence-electron chi connectivity index (χ4n) is 3.54. The molecule has 10 nitrogen and oxygen atoms in total. The van der Waals surface area contributed by atoms with Crippen molar-refractivity contribution in [2.45, 2.75) is 46.1 Å². The molecule has 1 amide bonds. The first-order chi connectivity index (χ1) is 16.6. The van der Waals surface area contributed by atoms with Crippen LogP contribution in [0.3, 0.4) is 0 Å². The molecule has 4 heterocycles. The monoisotopic (exact) mass is 462 g/mol. The Kier molecular flexibility index (Phi) is 7.69. The molecule has 2 N–H and O–H groups in total. The summed E-state index contributed by atoms with van der Waals surface area (Å²) in [5.74, 6) is 1.54. The SMILES string of the molecule is CC/C=c1\c2nnn1-c1cnn(c1)CCC(=O)NCCCCOc1ccc(cc1)NC(C)=N/C=2. The highest BCUT2D eigenvalue weighted by molar-refractivity contribution is 5.94. The van der Waals surface area contributed by atoms with Gasteiger partial charge in [0.1, 0.15) is 22.6 Å². The summed E-state index contributed by atoms with van der Waals surface area (Å²) in [4.78, 5) is 16.7. The zero-order valence-corrected chi connectivity index (χ0v) is 19.6. The number of fused-ring (bicyclic) bond motifs is 12. The molecule has 10 heteroatoms. The summed E-state index contributed by atoms with van der Waals surface area (Å²) >= 11 is 0. The first-order valence-electron chi connectivity index (χ1n) is 11.6. The second-order valence-electron chi connectivity index (χ2n) is 7.99. The molecule has 6 bridgehead atoms. The predicted molar refractivity (Wildman–Crippen MR) is 131 cm³/mol.